The summed E-state index contributed by atoms with van der Waals surface area (Å²) in [6.45, 7) is 0.932. The largest absolute Gasteiger partial charge is 0.389 e. The van der Waals surface area contributed by atoms with E-state index in [1.165, 1.54) is 0 Å². The predicted octanol–water partition coefficient (Wildman–Crippen LogP) is 0.163. The van der Waals surface area contributed by atoms with Crippen molar-refractivity contribution in [3.8, 4) is 6.07 Å². The van der Waals surface area contributed by atoms with E-state index in [0.717, 1.165) is 5.52 Å². The smallest absolute Gasteiger partial charge is 0.241 e. The van der Waals surface area contributed by atoms with Gasteiger partial charge in [-0.15, -0.1) is 5.10 Å². The molecular weight excluding hydrogens is 246 g/mol. The number of nitrogens with one attached hydrogen (secondary N) is 1. The molecule has 0 unspecified atom stereocenters. The van der Waals surface area contributed by atoms with Gasteiger partial charge in [0.05, 0.1) is 36.0 Å². The summed E-state index contributed by atoms with van der Waals surface area (Å²) in [5.41, 5.74) is 1.30. The zero-order valence-electron chi connectivity index (χ0n) is 10.2. The first kappa shape index (κ1) is 11.9. The fraction of sp³-hybridized carbons (Fsp3) is 0.417. The van der Waals surface area contributed by atoms with Crippen molar-refractivity contribution in [3.63, 3.8) is 0 Å². The number of aliphatic hydroxyl groups is 1. The monoisotopic (exact) mass is 259 g/mol. The maximum atomic E-state index is 9.79. The number of anilines is 1. The summed E-state index contributed by atoms with van der Waals surface area (Å²) in [5, 5.41) is 26.0. The molecule has 1 aliphatic rings. The lowest BCUT2D eigenvalue weighted by atomic mass is 10.1. The number of nitriles is 1. The fourth-order valence-electron chi connectivity index (χ4n) is 2.09. The molecule has 1 aliphatic heterocycles. The van der Waals surface area contributed by atoms with Crippen LogP contribution in [0.15, 0.2) is 18.5 Å². The number of aromatic nitrogens is 3. The molecule has 0 bridgehead atoms. The Balaban J connectivity index is 1.82. The van der Waals surface area contributed by atoms with Crippen molar-refractivity contribution in [2.45, 2.75) is 18.6 Å². The van der Waals surface area contributed by atoms with E-state index in [4.69, 9.17) is 10.00 Å². The van der Waals surface area contributed by atoms with E-state index in [1.807, 2.05) is 0 Å². The average molecular weight is 259 g/mol. The quantitative estimate of drug-likeness (QED) is 0.797. The molecule has 2 aromatic heterocycles. The molecule has 7 nitrogen and oxygen atoms in total. The molecular formula is C12H13N5O2. The number of fused-ring (bicyclic) bond motifs is 1. The van der Waals surface area contributed by atoms with Crippen molar-refractivity contribution in [3.05, 3.63) is 24.0 Å². The molecule has 0 aromatic carbocycles. The fourth-order valence-corrected chi connectivity index (χ4v) is 2.09. The van der Waals surface area contributed by atoms with Crippen LogP contribution in [-0.4, -0.2) is 45.1 Å². The van der Waals surface area contributed by atoms with Crippen molar-refractivity contribution in [2.24, 2.45) is 0 Å². The van der Waals surface area contributed by atoms with Crippen LogP contribution in [0.25, 0.3) is 5.52 Å². The first-order valence-electron chi connectivity index (χ1n) is 6.04. The van der Waals surface area contributed by atoms with Gasteiger partial charge in [-0.05, 0) is 12.5 Å². The maximum absolute atomic E-state index is 9.79. The van der Waals surface area contributed by atoms with E-state index in [-0.39, 0.29) is 6.04 Å². The molecule has 0 aliphatic carbocycles. The van der Waals surface area contributed by atoms with Crippen LogP contribution in [0, 0.1) is 11.3 Å². The van der Waals surface area contributed by atoms with Crippen LogP contribution < -0.4 is 5.32 Å². The van der Waals surface area contributed by atoms with E-state index < -0.39 is 6.10 Å². The highest BCUT2D eigenvalue weighted by Gasteiger charge is 2.24. The Morgan fingerprint density at radius 2 is 2.47 bits per heavy atom. The zero-order chi connectivity index (χ0) is 13.2. The molecule has 1 fully saturated rings. The lowest BCUT2D eigenvalue weighted by molar-refractivity contribution is -0.0136. The van der Waals surface area contributed by atoms with Crippen LogP contribution in [0.3, 0.4) is 0 Å². The molecule has 3 heterocycles. The maximum Gasteiger partial charge on any atom is 0.241 e. The van der Waals surface area contributed by atoms with E-state index >= 15 is 0 Å². The Morgan fingerprint density at radius 3 is 3.26 bits per heavy atom. The number of hydrogen-bond donors (Lipinski definition) is 2. The highest BCUT2D eigenvalue weighted by atomic mass is 16.5. The number of ether oxygens (including phenoxy) is 1. The van der Waals surface area contributed by atoms with Crippen molar-refractivity contribution < 1.29 is 9.84 Å². The van der Waals surface area contributed by atoms with Crippen molar-refractivity contribution >= 4 is 11.5 Å². The van der Waals surface area contributed by atoms with Gasteiger partial charge in [0.2, 0.25) is 5.95 Å². The Labute approximate surface area is 109 Å². The van der Waals surface area contributed by atoms with Crippen LogP contribution in [0.4, 0.5) is 5.95 Å². The molecule has 98 valence electrons. The summed E-state index contributed by atoms with van der Waals surface area (Å²) in [4.78, 5) is 4.18. The van der Waals surface area contributed by atoms with Gasteiger partial charge in [0, 0.05) is 12.8 Å². The van der Waals surface area contributed by atoms with E-state index in [1.54, 1.807) is 23.0 Å². The van der Waals surface area contributed by atoms with Crippen molar-refractivity contribution in [2.75, 3.05) is 18.5 Å². The molecule has 2 N–H and O–H groups in total. The summed E-state index contributed by atoms with van der Waals surface area (Å²) < 4.78 is 6.76. The van der Waals surface area contributed by atoms with Crippen LogP contribution in [0.5, 0.6) is 0 Å². The minimum Gasteiger partial charge on any atom is -0.389 e. The van der Waals surface area contributed by atoms with E-state index in [2.05, 4.69) is 21.5 Å². The van der Waals surface area contributed by atoms with Gasteiger partial charge >= 0.3 is 0 Å². The third-order valence-corrected chi connectivity index (χ3v) is 3.12. The Morgan fingerprint density at radius 1 is 1.58 bits per heavy atom. The second kappa shape index (κ2) is 4.84. The normalized spacial score (nSPS) is 23.2. The third-order valence-electron chi connectivity index (χ3n) is 3.12. The summed E-state index contributed by atoms with van der Waals surface area (Å²) in [5.74, 6) is 0.429. The summed E-state index contributed by atoms with van der Waals surface area (Å²) in [6.07, 6.45) is 3.43. The molecule has 1 saturated heterocycles. The predicted molar refractivity (Wildman–Crippen MR) is 66.6 cm³/mol. The van der Waals surface area contributed by atoms with Crippen molar-refractivity contribution in [1.29, 1.82) is 5.26 Å². The first-order valence-corrected chi connectivity index (χ1v) is 6.04. The average Bonchev–Trinajstić information content (AvgIpc) is 2.83. The number of rotatable bonds is 2. The minimum atomic E-state index is -0.563. The molecule has 2 atom stereocenters. The third kappa shape index (κ3) is 2.36. The lowest BCUT2D eigenvalue weighted by Crippen LogP contribution is -2.42. The van der Waals surface area contributed by atoms with Gasteiger partial charge in [0.15, 0.2) is 0 Å². The van der Waals surface area contributed by atoms with Crippen LogP contribution in [-0.2, 0) is 4.74 Å². The number of aliphatic hydroxyl groups excluding tert-OH is 1. The molecule has 0 spiro atoms. The van der Waals surface area contributed by atoms with E-state index in [9.17, 15) is 5.11 Å². The molecule has 2 aromatic rings. The van der Waals surface area contributed by atoms with Gasteiger partial charge in [-0.1, -0.05) is 0 Å². The van der Waals surface area contributed by atoms with Gasteiger partial charge in [-0.25, -0.2) is 9.50 Å². The SMILES string of the molecule is N#Cc1cc2cnc(N[C@@H]3CCOC[C@@H]3O)nn2c1. The topological polar surface area (TPSA) is 95.5 Å². The van der Waals surface area contributed by atoms with Gasteiger partial charge < -0.3 is 15.2 Å². The second-order valence-electron chi connectivity index (χ2n) is 4.47. The summed E-state index contributed by atoms with van der Waals surface area (Å²) in [6, 6.07) is 3.66. The second-order valence-corrected chi connectivity index (χ2v) is 4.47. The van der Waals surface area contributed by atoms with Gasteiger partial charge in [0.1, 0.15) is 6.07 Å². The molecule has 0 amide bonds. The minimum absolute atomic E-state index is 0.114. The summed E-state index contributed by atoms with van der Waals surface area (Å²) >= 11 is 0. The molecule has 19 heavy (non-hydrogen) atoms. The van der Waals surface area contributed by atoms with Crippen LogP contribution in [0.2, 0.25) is 0 Å². The number of nitrogens with zero attached hydrogens (tertiary/aromatic N) is 4. The van der Waals surface area contributed by atoms with Crippen molar-refractivity contribution in [1.82, 2.24) is 14.6 Å². The lowest BCUT2D eigenvalue weighted by Gasteiger charge is -2.28. The molecule has 3 rings (SSSR count). The Bertz CT molecular complexity index is 633. The number of hydrogen-bond acceptors (Lipinski definition) is 6. The van der Waals surface area contributed by atoms with Gasteiger partial charge in [0.25, 0.3) is 0 Å². The zero-order valence-corrected chi connectivity index (χ0v) is 10.2. The van der Waals surface area contributed by atoms with E-state index in [0.29, 0.717) is 31.1 Å². The summed E-state index contributed by atoms with van der Waals surface area (Å²) in [7, 11) is 0. The Hall–Kier alpha value is -2.17. The first-order chi connectivity index (χ1) is 9.26. The van der Waals surface area contributed by atoms with Crippen LogP contribution >= 0.6 is 0 Å². The standard InChI is InChI=1S/C12H13N5O2/c13-4-8-3-9-5-14-12(16-17(9)6-8)15-10-1-2-19-7-11(10)18/h3,5-6,10-11,18H,1-2,7H2,(H,15,16)/t10-,11+/m1/s1. The van der Waals surface area contributed by atoms with Gasteiger partial charge in [-0.2, -0.15) is 5.26 Å². The molecule has 7 heteroatoms. The highest BCUT2D eigenvalue weighted by molar-refractivity contribution is 5.52. The Kier molecular flexibility index (Phi) is 3.03. The highest BCUT2D eigenvalue weighted by Crippen LogP contribution is 2.13. The molecule has 0 saturated carbocycles. The van der Waals surface area contributed by atoms with Gasteiger partial charge in [-0.3, -0.25) is 0 Å². The molecule has 0 radical (unpaired) electrons. The van der Waals surface area contributed by atoms with Crippen LogP contribution in [0.1, 0.15) is 12.0 Å².